The van der Waals surface area contributed by atoms with Gasteiger partial charge in [0.2, 0.25) is 0 Å². The lowest BCUT2D eigenvalue weighted by atomic mass is 9.77. The fraction of sp³-hybridized carbons (Fsp3) is 0.938. The normalized spacial score (nSPS) is 32.2. The van der Waals surface area contributed by atoms with Crippen molar-refractivity contribution in [2.24, 2.45) is 5.92 Å². The average molecular weight is 267 g/mol. The maximum absolute atomic E-state index is 12.4. The molecule has 0 amide bonds. The van der Waals surface area contributed by atoms with Crippen LogP contribution in [0.4, 0.5) is 0 Å². The zero-order chi connectivity index (χ0) is 14.0. The molecule has 0 aromatic rings. The average Bonchev–Trinajstić information content (AvgIpc) is 2.34. The van der Waals surface area contributed by atoms with E-state index in [9.17, 15) is 4.79 Å². The molecule has 2 unspecified atom stereocenters. The van der Waals surface area contributed by atoms with Gasteiger partial charge in [-0.1, -0.05) is 13.3 Å². The largest absolute Gasteiger partial charge is 0.371 e. The molecule has 0 bridgehead atoms. The smallest absolute Gasteiger partial charge is 0.141 e. The first-order chi connectivity index (χ1) is 8.97. The van der Waals surface area contributed by atoms with Crippen LogP contribution in [0.2, 0.25) is 0 Å². The highest BCUT2D eigenvalue weighted by Gasteiger charge is 2.46. The van der Waals surface area contributed by atoms with Crippen LogP contribution in [0.1, 0.15) is 59.8 Å². The van der Waals surface area contributed by atoms with Crippen molar-refractivity contribution in [3.63, 3.8) is 0 Å². The van der Waals surface area contributed by atoms with Crippen LogP contribution in [0.5, 0.6) is 0 Å². The first-order valence-corrected chi connectivity index (χ1v) is 7.92. The van der Waals surface area contributed by atoms with Gasteiger partial charge in [-0.15, -0.1) is 0 Å². The van der Waals surface area contributed by atoms with Gasteiger partial charge in [0.25, 0.3) is 0 Å². The number of Topliss-reactive ketones (excluding diaryl/α,β-unsaturated/α-hetero) is 1. The fourth-order valence-corrected chi connectivity index (χ4v) is 3.68. The predicted octanol–water partition coefficient (Wildman–Crippen LogP) is 3.02. The molecule has 0 aromatic heterocycles. The number of ether oxygens (including phenoxy) is 1. The van der Waals surface area contributed by atoms with Crippen LogP contribution in [0.15, 0.2) is 0 Å². The van der Waals surface area contributed by atoms with Crippen LogP contribution in [-0.4, -0.2) is 41.5 Å². The molecule has 2 saturated heterocycles. The number of ketones is 1. The van der Waals surface area contributed by atoms with E-state index in [1.54, 1.807) is 0 Å². The Kier molecular flexibility index (Phi) is 4.67. The van der Waals surface area contributed by atoms with Gasteiger partial charge < -0.3 is 9.64 Å². The highest BCUT2D eigenvalue weighted by Crippen LogP contribution is 2.39. The SMILES string of the molecule is CCCC1C(=O)CC2(CCN(C(C)C)CC2)OC1C. The van der Waals surface area contributed by atoms with Crippen molar-refractivity contribution in [3.05, 3.63) is 0 Å². The summed E-state index contributed by atoms with van der Waals surface area (Å²) in [6, 6.07) is 0.599. The Hall–Kier alpha value is -0.410. The third-order valence-electron chi connectivity index (χ3n) is 4.95. The van der Waals surface area contributed by atoms with Crippen LogP contribution >= 0.6 is 0 Å². The minimum atomic E-state index is -0.147. The van der Waals surface area contributed by atoms with Crippen LogP contribution < -0.4 is 0 Å². The van der Waals surface area contributed by atoms with Crippen molar-refractivity contribution in [1.29, 1.82) is 0 Å². The molecule has 2 fully saturated rings. The minimum absolute atomic E-state index is 0.104. The molecule has 19 heavy (non-hydrogen) atoms. The van der Waals surface area contributed by atoms with Gasteiger partial charge in [0.1, 0.15) is 5.78 Å². The standard InChI is InChI=1S/C16H29NO2/c1-5-6-14-13(4)19-16(11-15(14)18)7-9-17(10-8-16)12(2)3/h12-14H,5-11H2,1-4H3. The molecule has 0 N–H and O–H groups in total. The zero-order valence-electron chi connectivity index (χ0n) is 12.9. The Morgan fingerprint density at radius 1 is 1.37 bits per heavy atom. The number of likely N-dealkylation sites (tertiary alicyclic amines) is 1. The van der Waals surface area contributed by atoms with Gasteiger partial charge in [0, 0.05) is 31.5 Å². The topological polar surface area (TPSA) is 29.5 Å². The third-order valence-corrected chi connectivity index (χ3v) is 4.95. The van der Waals surface area contributed by atoms with Gasteiger partial charge in [0.15, 0.2) is 0 Å². The quantitative estimate of drug-likeness (QED) is 0.787. The van der Waals surface area contributed by atoms with Gasteiger partial charge in [0.05, 0.1) is 11.7 Å². The van der Waals surface area contributed by atoms with E-state index in [4.69, 9.17) is 4.74 Å². The molecule has 2 aliphatic heterocycles. The Morgan fingerprint density at radius 2 is 2.00 bits per heavy atom. The maximum atomic E-state index is 12.4. The van der Waals surface area contributed by atoms with Gasteiger partial charge in [-0.2, -0.15) is 0 Å². The fourth-order valence-electron chi connectivity index (χ4n) is 3.68. The van der Waals surface area contributed by atoms with Crippen molar-refractivity contribution < 1.29 is 9.53 Å². The number of rotatable bonds is 3. The second-order valence-electron chi connectivity index (χ2n) is 6.67. The molecule has 0 radical (unpaired) electrons. The van der Waals surface area contributed by atoms with Gasteiger partial charge in [-0.05, 0) is 40.0 Å². The summed E-state index contributed by atoms with van der Waals surface area (Å²) in [5.41, 5.74) is -0.147. The Labute approximate surface area is 117 Å². The van der Waals surface area contributed by atoms with Crippen molar-refractivity contribution >= 4 is 5.78 Å². The lowest BCUT2D eigenvalue weighted by Gasteiger charge is -2.48. The number of nitrogens with zero attached hydrogens (tertiary/aromatic N) is 1. The molecule has 1 spiro atoms. The summed E-state index contributed by atoms with van der Waals surface area (Å²) in [5.74, 6) is 0.581. The van der Waals surface area contributed by atoms with E-state index in [0.29, 0.717) is 18.2 Å². The monoisotopic (exact) mass is 267 g/mol. The number of carbonyl (C=O) groups is 1. The summed E-state index contributed by atoms with van der Waals surface area (Å²) in [7, 11) is 0. The van der Waals surface area contributed by atoms with Gasteiger partial charge >= 0.3 is 0 Å². The Morgan fingerprint density at radius 3 is 2.47 bits per heavy atom. The summed E-state index contributed by atoms with van der Waals surface area (Å²) in [6.45, 7) is 10.8. The van der Waals surface area contributed by atoms with Crippen molar-refractivity contribution in [2.75, 3.05) is 13.1 Å². The van der Waals surface area contributed by atoms with Crippen LogP contribution in [-0.2, 0) is 9.53 Å². The first kappa shape index (κ1) is 15.0. The Balaban J connectivity index is 1.98. The molecular formula is C16H29NO2. The van der Waals surface area contributed by atoms with E-state index in [1.807, 2.05) is 0 Å². The molecule has 0 saturated carbocycles. The highest BCUT2D eigenvalue weighted by molar-refractivity contribution is 5.83. The predicted molar refractivity (Wildman–Crippen MR) is 77.2 cm³/mol. The maximum Gasteiger partial charge on any atom is 0.141 e. The van der Waals surface area contributed by atoms with Crippen LogP contribution in [0, 0.1) is 5.92 Å². The molecular weight excluding hydrogens is 238 g/mol. The second-order valence-corrected chi connectivity index (χ2v) is 6.67. The van der Waals surface area contributed by atoms with E-state index in [-0.39, 0.29) is 17.6 Å². The molecule has 0 aromatic carbocycles. The van der Waals surface area contributed by atoms with E-state index >= 15 is 0 Å². The second kappa shape index (κ2) is 5.92. The van der Waals surface area contributed by atoms with E-state index in [2.05, 4.69) is 32.6 Å². The number of piperidine rings is 1. The zero-order valence-corrected chi connectivity index (χ0v) is 12.9. The van der Waals surface area contributed by atoms with Gasteiger partial charge in [-0.25, -0.2) is 0 Å². The highest BCUT2D eigenvalue weighted by atomic mass is 16.5. The van der Waals surface area contributed by atoms with Crippen molar-refractivity contribution in [2.45, 2.75) is 77.5 Å². The van der Waals surface area contributed by atoms with E-state index in [1.165, 1.54) is 0 Å². The summed E-state index contributed by atoms with van der Waals surface area (Å²) in [5, 5.41) is 0. The molecule has 2 atom stereocenters. The Bertz CT molecular complexity index is 319. The number of carbonyl (C=O) groups excluding carboxylic acids is 1. The minimum Gasteiger partial charge on any atom is -0.371 e. The summed E-state index contributed by atoms with van der Waals surface area (Å²) in [4.78, 5) is 14.9. The lowest BCUT2D eigenvalue weighted by Crippen LogP contribution is -2.55. The molecule has 2 aliphatic rings. The summed E-state index contributed by atoms with van der Waals surface area (Å²) in [6.07, 6.45) is 4.83. The molecule has 2 heterocycles. The molecule has 110 valence electrons. The lowest BCUT2D eigenvalue weighted by molar-refractivity contribution is -0.179. The number of hydrogen-bond acceptors (Lipinski definition) is 3. The van der Waals surface area contributed by atoms with Crippen LogP contribution in [0.3, 0.4) is 0 Å². The molecule has 3 nitrogen and oxygen atoms in total. The summed E-state index contributed by atoms with van der Waals surface area (Å²) >= 11 is 0. The summed E-state index contributed by atoms with van der Waals surface area (Å²) < 4.78 is 6.33. The van der Waals surface area contributed by atoms with E-state index in [0.717, 1.165) is 38.8 Å². The van der Waals surface area contributed by atoms with Crippen LogP contribution in [0.25, 0.3) is 0 Å². The molecule has 2 rings (SSSR count). The van der Waals surface area contributed by atoms with Gasteiger partial charge in [-0.3, -0.25) is 4.79 Å². The first-order valence-electron chi connectivity index (χ1n) is 7.92. The van der Waals surface area contributed by atoms with E-state index < -0.39 is 0 Å². The molecule has 0 aliphatic carbocycles. The third kappa shape index (κ3) is 3.19. The number of hydrogen-bond donors (Lipinski definition) is 0. The van der Waals surface area contributed by atoms with Crippen molar-refractivity contribution in [1.82, 2.24) is 4.90 Å². The molecule has 3 heteroatoms. The van der Waals surface area contributed by atoms with Crippen molar-refractivity contribution in [3.8, 4) is 0 Å².